The van der Waals surface area contributed by atoms with Crippen LogP contribution in [0.5, 0.6) is 0 Å². The lowest BCUT2D eigenvalue weighted by molar-refractivity contribution is -0.117. The van der Waals surface area contributed by atoms with Crippen LogP contribution in [0.1, 0.15) is 224 Å². The zero-order valence-electron chi connectivity index (χ0n) is 81.3. The number of pyridine rings is 1. The monoisotopic (exact) mass is 1930 g/mol. The maximum absolute atomic E-state index is 13.8. The standard InChI is InChI=1S/C27H31N3O3S.C27H34N2O4S.C27H38N2O4S.C27H36N2O4S/c1-4-21-5-7-23(8-6-21)30(18-20(2)3)34(32,33)24-9-10-26-25(17-24)27(31)13-16-29(26)19-22-11-14-28-15-12-22;1-4-20-5-8-22(9-6-20)29(17-19(2)3)34(32,33)24-11-12-26-25(16-24)27(31)13-14-28(26)18-21-7-10-23(30)15-21;2*1-4-21-5-7-23(8-6-21)29(18-20(2)3)34(31,32)24-9-10-26-25(17-24)27(30)11-14-28(26)19-22-12-15-33-16-13-22/h5-12,14-15,17,20H,4,13,16,18-19H2,1-3H3;5-6,8-9,11-12,16,19,21H,4,7,10,13-15,17-18H2,1-3H3;5-10,17,20,22,27,30H,4,11-16,18-19H2,1-3H3;5-10,17,20,22H,4,11-16,18-19H2,1-3H3. The van der Waals surface area contributed by atoms with Gasteiger partial charge in [-0.3, -0.25) is 41.4 Å². The lowest BCUT2D eigenvalue weighted by atomic mass is 9.95. The van der Waals surface area contributed by atoms with Crippen LogP contribution in [-0.2, 0) is 86.6 Å². The molecule has 1 N–H and O–H groups in total. The molecule has 0 radical (unpaired) electrons. The Labute approximate surface area is 808 Å². The van der Waals surface area contributed by atoms with Gasteiger partial charge in [0.25, 0.3) is 40.1 Å². The minimum atomic E-state index is -3.85. The number of anilines is 8. The number of aliphatic hydroxyl groups is 1. The number of fused-ring (bicyclic) bond motifs is 4. The van der Waals surface area contributed by atoms with Crippen molar-refractivity contribution in [3.8, 4) is 0 Å². The Balaban J connectivity index is 0.000000153. The van der Waals surface area contributed by atoms with Crippen molar-refractivity contribution in [2.24, 2.45) is 41.4 Å². The maximum atomic E-state index is 13.8. The number of carbonyl (C=O) groups excluding carboxylic acids is 4. The number of benzene rings is 8. The van der Waals surface area contributed by atoms with Crippen LogP contribution < -0.4 is 36.8 Å². The molecule has 1 aliphatic carbocycles. The molecule has 24 nitrogen and oxygen atoms in total. The number of ether oxygens (including phenoxy) is 2. The second kappa shape index (κ2) is 46.4. The van der Waals surface area contributed by atoms with Crippen molar-refractivity contribution in [2.45, 2.75) is 212 Å². The summed E-state index contributed by atoms with van der Waals surface area (Å²) >= 11 is 0. The number of hydrogen-bond acceptors (Lipinski definition) is 20. The summed E-state index contributed by atoms with van der Waals surface area (Å²) in [5.41, 5.74) is 13.8. The van der Waals surface area contributed by atoms with E-state index in [9.17, 15) is 58.0 Å². The molecular weight excluding hydrogens is 1790 g/mol. The zero-order valence-corrected chi connectivity index (χ0v) is 84.6. The molecule has 2 unspecified atom stereocenters. The molecule has 2 atom stereocenters. The van der Waals surface area contributed by atoms with Gasteiger partial charge < -0.3 is 34.2 Å². The highest BCUT2D eigenvalue weighted by Crippen LogP contribution is 2.42. The summed E-state index contributed by atoms with van der Waals surface area (Å²) in [5, 5.41) is 10.8. The van der Waals surface area contributed by atoms with Gasteiger partial charge in [-0.25, -0.2) is 33.7 Å². The Bertz CT molecular complexity index is 6070. The van der Waals surface area contributed by atoms with E-state index >= 15 is 0 Å². The molecular formula is C108H139N9O15S4. The van der Waals surface area contributed by atoms with Crippen LogP contribution in [0.2, 0.25) is 0 Å². The summed E-state index contributed by atoms with van der Waals surface area (Å²) in [6.45, 7) is 34.8. The summed E-state index contributed by atoms with van der Waals surface area (Å²) in [5.74, 6) is 2.22. The fourth-order valence-electron chi connectivity index (χ4n) is 18.9. The second-order valence-corrected chi connectivity index (χ2v) is 46.2. The van der Waals surface area contributed by atoms with Crippen LogP contribution in [-0.4, -0.2) is 165 Å². The smallest absolute Gasteiger partial charge is 0.264 e. The van der Waals surface area contributed by atoms with Crippen LogP contribution in [0.25, 0.3) is 0 Å². The predicted molar refractivity (Wildman–Crippen MR) is 544 cm³/mol. The second-order valence-electron chi connectivity index (χ2n) is 38.8. The molecule has 1 aromatic heterocycles. The number of carbonyl (C=O) groups is 4. The third-order valence-electron chi connectivity index (χ3n) is 26.6. The first-order valence-electron chi connectivity index (χ1n) is 48.9. The van der Waals surface area contributed by atoms with Gasteiger partial charge in [-0.15, -0.1) is 0 Å². The topological polar surface area (TPSA) is 282 Å². The molecule has 9 aromatic rings. The van der Waals surface area contributed by atoms with Crippen LogP contribution in [0.15, 0.2) is 214 Å². The lowest BCUT2D eigenvalue weighted by Crippen LogP contribution is -2.38. The number of ketones is 4. The number of rotatable bonds is 32. The van der Waals surface area contributed by atoms with Gasteiger partial charge in [0.2, 0.25) is 0 Å². The number of aryl methyl sites for hydroxylation is 4. The highest BCUT2D eigenvalue weighted by molar-refractivity contribution is 7.93. The molecule has 0 amide bonds. The molecule has 8 aromatic carbocycles. The zero-order chi connectivity index (χ0) is 97.3. The van der Waals surface area contributed by atoms with Crippen molar-refractivity contribution in [1.82, 2.24) is 4.98 Å². The van der Waals surface area contributed by atoms with Gasteiger partial charge in [0, 0.05) is 194 Å². The van der Waals surface area contributed by atoms with Crippen molar-refractivity contribution in [3.05, 3.63) is 244 Å². The van der Waals surface area contributed by atoms with E-state index in [1.165, 1.54) is 22.8 Å². The van der Waals surface area contributed by atoms with E-state index in [2.05, 4.69) is 52.3 Å². The van der Waals surface area contributed by atoms with E-state index in [-0.39, 0.29) is 60.6 Å². The summed E-state index contributed by atoms with van der Waals surface area (Å²) in [6.07, 6.45) is 14.4. The third-order valence-corrected chi connectivity index (χ3v) is 33.8. The van der Waals surface area contributed by atoms with Gasteiger partial charge in [-0.05, 0) is 267 Å². The van der Waals surface area contributed by atoms with Crippen molar-refractivity contribution in [1.29, 1.82) is 0 Å². The minimum Gasteiger partial charge on any atom is -0.388 e. The molecule has 136 heavy (non-hydrogen) atoms. The Morgan fingerprint density at radius 1 is 0.346 bits per heavy atom. The summed E-state index contributed by atoms with van der Waals surface area (Å²) < 4.78 is 127. The Morgan fingerprint density at radius 2 is 0.647 bits per heavy atom. The lowest BCUT2D eigenvalue weighted by Gasteiger charge is -2.37. The molecule has 3 fully saturated rings. The number of hydrogen-bond donors (Lipinski definition) is 1. The molecule has 16 rings (SSSR count). The summed E-state index contributed by atoms with van der Waals surface area (Å²) in [6, 6.07) is 54.9. The Kier molecular flexibility index (Phi) is 35.2. The van der Waals surface area contributed by atoms with Gasteiger partial charge in [-0.2, -0.15) is 0 Å². The predicted octanol–water partition coefficient (Wildman–Crippen LogP) is 19.6. The number of nitrogens with zero attached hydrogens (tertiary/aromatic N) is 9. The van der Waals surface area contributed by atoms with E-state index in [4.69, 9.17) is 9.47 Å². The highest BCUT2D eigenvalue weighted by Gasteiger charge is 2.38. The molecule has 1 saturated carbocycles. The Morgan fingerprint density at radius 3 is 0.963 bits per heavy atom. The van der Waals surface area contributed by atoms with Crippen LogP contribution in [0.3, 0.4) is 0 Å². The number of aromatic nitrogens is 1. The maximum Gasteiger partial charge on any atom is 0.264 e. The Hall–Kier alpha value is -10.3. The highest BCUT2D eigenvalue weighted by atomic mass is 32.2. The van der Waals surface area contributed by atoms with E-state index < -0.39 is 46.2 Å². The van der Waals surface area contributed by atoms with Gasteiger partial charge in [-0.1, -0.05) is 132 Å². The van der Waals surface area contributed by atoms with Crippen molar-refractivity contribution < 1.29 is 67.4 Å². The number of aliphatic hydroxyl groups excluding tert-OH is 1. The fourth-order valence-corrected chi connectivity index (χ4v) is 25.5. The fraction of sp³-hybridized carbons (Fsp3) is 0.472. The van der Waals surface area contributed by atoms with Gasteiger partial charge in [0.15, 0.2) is 17.3 Å². The first kappa shape index (κ1) is 103. The summed E-state index contributed by atoms with van der Waals surface area (Å²) in [7, 11) is -15.3. The molecule has 7 heterocycles. The SMILES string of the molecule is CCc1ccc(N(CC(C)C)S(=O)(=O)c2ccc3c(c2)C(=O)CCN3CC2CCC(=O)C2)cc1.CCc1ccc(N(CC(C)C)S(=O)(=O)c2ccc3c(c2)C(=O)CCN3CC2CCOCC2)cc1.CCc1ccc(N(CC(C)C)S(=O)(=O)c2ccc3c(c2)C(=O)CCN3Cc2ccncc2)cc1.CCc1ccc(N(CC(C)C)S(=O)(=O)c2ccc3c(c2)C(O)CCN3CC2CCOCC2)cc1. The number of Topliss-reactive ketones (excluding diaryl/α,β-unsaturated/α-hetero) is 4. The van der Waals surface area contributed by atoms with Crippen molar-refractivity contribution >= 4 is 109 Å². The quantitative estimate of drug-likeness (QED) is 0.0410. The molecule has 6 aliphatic heterocycles. The van der Waals surface area contributed by atoms with E-state index in [1.807, 2.05) is 177 Å². The molecule has 730 valence electrons. The largest absolute Gasteiger partial charge is 0.388 e. The molecule has 28 heteroatoms. The van der Waals surface area contributed by atoms with E-state index in [1.54, 1.807) is 73.1 Å². The van der Waals surface area contributed by atoms with Crippen LogP contribution in [0.4, 0.5) is 45.5 Å². The first-order valence-corrected chi connectivity index (χ1v) is 54.7. The summed E-state index contributed by atoms with van der Waals surface area (Å²) in [4.78, 5) is 63.7. The normalized spacial score (nSPS) is 17.2. The van der Waals surface area contributed by atoms with E-state index in [0.29, 0.717) is 159 Å². The van der Waals surface area contributed by atoms with Gasteiger partial charge in [0.1, 0.15) is 5.78 Å². The van der Waals surface area contributed by atoms with Crippen LogP contribution in [0, 0.1) is 41.4 Å². The first-order chi connectivity index (χ1) is 65.1. The average Bonchev–Trinajstić information content (AvgIpc) is 0.845. The molecule has 7 aliphatic rings. The molecule has 2 saturated heterocycles. The van der Waals surface area contributed by atoms with E-state index in [0.717, 1.165) is 155 Å². The number of sulfonamides is 4. The van der Waals surface area contributed by atoms with Crippen LogP contribution >= 0.6 is 0 Å². The average molecular weight is 1930 g/mol. The van der Waals surface area contributed by atoms with Crippen molar-refractivity contribution in [2.75, 3.05) is 135 Å². The minimum absolute atomic E-state index is 0.0120. The molecule has 0 spiro atoms. The van der Waals surface area contributed by atoms with Crippen molar-refractivity contribution in [3.63, 3.8) is 0 Å². The third kappa shape index (κ3) is 25.4. The van der Waals surface area contributed by atoms with Gasteiger partial charge in [0.05, 0.1) is 48.4 Å². The molecule has 0 bridgehead atoms. The van der Waals surface area contributed by atoms with Gasteiger partial charge >= 0.3 is 0 Å².